The van der Waals surface area contributed by atoms with Gasteiger partial charge in [-0.15, -0.1) is 11.3 Å². The monoisotopic (exact) mass is 559 g/mol. The average molecular weight is 560 g/mol. The van der Waals surface area contributed by atoms with Crippen molar-refractivity contribution in [3.63, 3.8) is 0 Å². The molecule has 1 aromatic heterocycles. The highest BCUT2D eigenvalue weighted by molar-refractivity contribution is 7.14. The fraction of sp³-hybridized carbons (Fsp3) is 0.667. The summed E-state index contributed by atoms with van der Waals surface area (Å²) >= 11 is 1.24. The SMILES string of the molecule is O=C(CCc1ccc(C(=O)NCC(NC(=O)OCC23CC4CC(CC(C4)C2)C3)C(=O)O)s1)NC1=NCCCN1. The zero-order valence-corrected chi connectivity index (χ0v) is 22.8. The van der Waals surface area contributed by atoms with Crippen molar-refractivity contribution in [2.45, 2.75) is 63.8 Å². The van der Waals surface area contributed by atoms with Crippen molar-refractivity contribution in [3.05, 3.63) is 21.9 Å². The first-order chi connectivity index (χ1) is 18.8. The Bertz CT molecular complexity index is 1100. The van der Waals surface area contributed by atoms with Crippen LogP contribution in [0.15, 0.2) is 17.1 Å². The molecule has 1 aliphatic heterocycles. The molecule has 4 fully saturated rings. The number of hydrogen-bond donors (Lipinski definition) is 5. The van der Waals surface area contributed by atoms with Crippen LogP contribution in [0.2, 0.25) is 0 Å². The van der Waals surface area contributed by atoms with Gasteiger partial charge in [-0.05, 0) is 81.3 Å². The minimum atomic E-state index is -1.31. The number of carbonyl (C=O) groups is 4. The molecule has 1 aromatic rings. The minimum absolute atomic E-state index is 0.0392. The van der Waals surface area contributed by atoms with Gasteiger partial charge >= 0.3 is 12.1 Å². The Kier molecular flexibility index (Phi) is 8.39. The molecule has 39 heavy (non-hydrogen) atoms. The molecule has 5 N–H and O–H groups in total. The van der Waals surface area contributed by atoms with E-state index in [2.05, 4.69) is 26.3 Å². The van der Waals surface area contributed by atoms with Crippen molar-refractivity contribution in [2.75, 3.05) is 26.2 Å². The highest BCUT2D eigenvalue weighted by Crippen LogP contribution is 2.60. The quantitative estimate of drug-likeness (QED) is 0.294. The van der Waals surface area contributed by atoms with Gasteiger partial charge in [0.1, 0.15) is 6.04 Å². The number of aliphatic carboxylic acids is 1. The summed E-state index contributed by atoms with van der Waals surface area (Å²) in [5.74, 6) is 0.836. The molecule has 3 amide bonds. The van der Waals surface area contributed by atoms with E-state index in [1.54, 1.807) is 12.1 Å². The highest BCUT2D eigenvalue weighted by atomic mass is 32.1. The van der Waals surface area contributed by atoms with E-state index in [1.807, 2.05) is 0 Å². The summed E-state index contributed by atoms with van der Waals surface area (Å²) in [4.78, 5) is 54.4. The van der Waals surface area contributed by atoms with Crippen LogP contribution in [0.1, 0.15) is 65.9 Å². The second-order valence-electron chi connectivity index (χ2n) is 11.6. The topological polar surface area (TPSA) is 158 Å². The summed E-state index contributed by atoms with van der Waals surface area (Å²) in [5.41, 5.74) is 0.0392. The van der Waals surface area contributed by atoms with Gasteiger partial charge in [0.15, 0.2) is 5.96 Å². The van der Waals surface area contributed by atoms with Crippen LogP contribution in [0, 0.1) is 23.2 Å². The fourth-order valence-electron chi connectivity index (χ4n) is 7.03. The number of amides is 3. The molecule has 0 aromatic carbocycles. The van der Waals surface area contributed by atoms with Crippen molar-refractivity contribution < 1.29 is 29.0 Å². The Hall–Kier alpha value is -3.15. The summed E-state index contributed by atoms with van der Waals surface area (Å²) in [6, 6.07) is 2.11. The van der Waals surface area contributed by atoms with Gasteiger partial charge in [-0.2, -0.15) is 0 Å². The smallest absolute Gasteiger partial charge is 0.407 e. The number of alkyl carbamates (subject to hydrolysis) is 1. The molecule has 11 nitrogen and oxygen atoms in total. The van der Waals surface area contributed by atoms with Gasteiger partial charge in [0.2, 0.25) is 5.91 Å². The maximum absolute atomic E-state index is 12.6. The Morgan fingerprint density at radius 2 is 1.85 bits per heavy atom. The third-order valence-corrected chi connectivity index (χ3v) is 9.51. The number of thiophene rings is 1. The molecule has 212 valence electrons. The Labute approximate surface area is 231 Å². The highest BCUT2D eigenvalue weighted by Gasteiger charge is 2.51. The number of carboxylic acids is 1. The molecule has 0 spiro atoms. The number of carbonyl (C=O) groups excluding carboxylic acids is 3. The van der Waals surface area contributed by atoms with E-state index in [1.165, 1.54) is 30.6 Å². The van der Waals surface area contributed by atoms with Gasteiger partial charge in [-0.25, -0.2) is 9.59 Å². The van der Waals surface area contributed by atoms with E-state index in [0.29, 0.717) is 30.4 Å². The molecule has 4 saturated carbocycles. The van der Waals surface area contributed by atoms with Crippen LogP contribution >= 0.6 is 11.3 Å². The summed E-state index contributed by atoms with van der Waals surface area (Å²) in [7, 11) is 0. The van der Waals surface area contributed by atoms with Crippen LogP contribution in [-0.4, -0.2) is 67.2 Å². The lowest BCUT2D eigenvalue weighted by molar-refractivity contribution is -0.139. The van der Waals surface area contributed by atoms with Crippen molar-refractivity contribution in [2.24, 2.45) is 28.2 Å². The van der Waals surface area contributed by atoms with Crippen molar-refractivity contribution in [1.82, 2.24) is 21.3 Å². The average Bonchev–Trinajstić information content (AvgIpc) is 3.38. The van der Waals surface area contributed by atoms with E-state index in [0.717, 1.165) is 54.9 Å². The molecule has 12 heteroatoms. The molecule has 5 aliphatic rings. The predicted octanol–water partition coefficient (Wildman–Crippen LogP) is 2.27. The van der Waals surface area contributed by atoms with Crippen LogP contribution < -0.4 is 21.3 Å². The summed E-state index contributed by atoms with van der Waals surface area (Å²) in [6.45, 7) is 1.52. The van der Waals surface area contributed by atoms with Gasteiger partial charge in [0.25, 0.3) is 5.91 Å². The molecule has 4 bridgehead atoms. The Balaban J connectivity index is 1.04. The molecule has 2 heterocycles. The number of hydrogen-bond acceptors (Lipinski definition) is 8. The molecule has 0 saturated heterocycles. The molecule has 1 atom stereocenters. The van der Waals surface area contributed by atoms with Crippen molar-refractivity contribution >= 4 is 41.2 Å². The van der Waals surface area contributed by atoms with Gasteiger partial charge in [0.05, 0.1) is 11.5 Å². The van der Waals surface area contributed by atoms with Crippen LogP contribution in [0.3, 0.4) is 0 Å². The maximum atomic E-state index is 12.6. The van der Waals surface area contributed by atoms with E-state index < -0.39 is 24.0 Å². The van der Waals surface area contributed by atoms with Crippen LogP contribution in [0.5, 0.6) is 0 Å². The molecule has 4 aliphatic carbocycles. The summed E-state index contributed by atoms with van der Waals surface area (Å²) in [6.07, 6.45) is 8.03. The van der Waals surface area contributed by atoms with Crippen LogP contribution in [0.4, 0.5) is 4.79 Å². The molecule has 6 rings (SSSR count). The zero-order valence-electron chi connectivity index (χ0n) is 22.0. The van der Waals surface area contributed by atoms with Crippen molar-refractivity contribution in [1.29, 1.82) is 0 Å². The number of rotatable bonds is 10. The Morgan fingerprint density at radius 3 is 2.49 bits per heavy atom. The number of guanidine groups is 1. The van der Waals surface area contributed by atoms with E-state index in [9.17, 15) is 24.3 Å². The second kappa shape index (κ2) is 11.9. The number of carboxylic acid groups (broad SMARTS) is 1. The normalized spacial score (nSPS) is 27.6. The number of nitrogens with one attached hydrogen (secondary N) is 4. The molecular formula is C27H37N5O6S. The first kappa shape index (κ1) is 27.4. The number of nitrogens with zero attached hydrogens (tertiary/aromatic N) is 1. The standard InChI is InChI=1S/C27H37N5O6S/c33-22(32-25-28-6-1-7-29-25)5-3-19-2-4-21(39-19)23(34)30-14-20(24(35)36)31-26(37)38-15-27-11-16-8-17(12-27)10-18(9-16)13-27/h2,4,16-18,20H,1,3,5-15H2,(H,30,34)(H,31,37)(H,35,36)(H2,28,29,32,33). The largest absolute Gasteiger partial charge is 0.480 e. The number of aryl methyl sites for hydroxylation is 1. The van der Waals surface area contributed by atoms with Crippen molar-refractivity contribution in [3.8, 4) is 0 Å². The summed E-state index contributed by atoms with van der Waals surface area (Å²) in [5, 5.41) is 20.3. The molecule has 1 unspecified atom stereocenters. The van der Waals surface area contributed by atoms with E-state index in [4.69, 9.17) is 4.74 Å². The van der Waals surface area contributed by atoms with E-state index >= 15 is 0 Å². The van der Waals surface area contributed by atoms with Gasteiger partial charge < -0.3 is 25.8 Å². The molecular weight excluding hydrogens is 522 g/mol. The second-order valence-corrected chi connectivity index (χ2v) is 12.7. The Morgan fingerprint density at radius 1 is 1.13 bits per heavy atom. The zero-order chi connectivity index (χ0) is 27.4. The lowest BCUT2D eigenvalue weighted by atomic mass is 9.50. The predicted molar refractivity (Wildman–Crippen MR) is 145 cm³/mol. The fourth-order valence-corrected chi connectivity index (χ4v) is 7.96. The van der Waals surface area contributed by atoms with Crippen LogP contribution in [-0.2, 0) is 20.7 Å². The van der Waals surface area contributed by atoms with Gasteiger partial charge in [0, 0.05) is 36.3 Å². The number of aliphatic imine (C=N–C) groups is 1. The first-order valence-electron chi connectivity index (χ1n) is 13.9. The van der Waals surface area contributed by atoms with E-state index in [-0.39, 0.29) is 24.3 Å². The summed E-state index contributed by atoms with van der Waals surface area (Å²) < 4.78 is 5.53. The first-order valence-corrected chi connectivity index (χ1v) is 14.7. The third-order valence-electron chi connectivity index (χ3n) is 8.37. The van der Waals surface area contributed by atoms with Gasteiger partial charge in [-0.1, -0.05) is 0 Å². The minimum Gasteiger partial charge on any atom is -0.480 e. The number of ether oxygens (including phenoxy) is 1. The van der Waals surface area contributed by atoms with Gasteiger partial charge in [-0.3, -0.25) is 19.9 Å². The third kappa shape index (κ3) is 7.09. The maximum Gasteiger partial charge on any atom is 0.407 e. The molecule has 0 radical (unpaired) electrons. The lowest BCUT2D eigenvalue weighted by Gasteiger charge is -2.56. The lowest BCUT2D eigenvalue weighted by Crippen LogP contribution is -2.51. The van der Waals surface area contributed by atoms with Crippen LogP contribution in [0.25, 0.3) is 0 Å².